The fourth-order valence-corrected chi connectivity index (χ4v) is 1.76. The van der Waals surface area contributed by atoms with Crippen LogP contribution in [0.5, 0.6) is 11.5 Å². The molecule has 5 nitrogen and oxygen atoms in total. The van der Waals surface area contributed by atoms with Gasteiger partial charge in [0.25, 0.3) is 0 Å². The summed E-state index contributed by atoms with van der Waals surface area (Å²) >= 11 is 3.22. The van der Waals surface area contributed by atoms with Gasteiger partial charge in [-0.25, -0.2) is 0 Å². The van der Waals surface area contributed by atoms with Crippen LogP contribution >= 0.6 is 15.9 Å². The third-order valence-electron chi connectivity index (χ3n) is 2.29. The highest BCUT2D eigenvalue weighted by molar-refractivity contribution is 9.10. The number of hydrogen-bond acceptors (Lipinski definition) is 5. The number of methoxy groups -OCH3 is 1. The largest absolute Gasteiger partial charge is 0.487 e. The van der Waals surface area contributed by atoms with Gasteiger partial charge in [-0.2, -0.15) is 0 Å². The van der Waals surface area contributed by atoms with E-state index >= 15 is 0 Å². The maximum Gasteiger partial charge on any atom is 0.175 e. The van der Waals surface area contributed by atoms with E-state index in [1.807, 2.05) is 24.3 Å². The van der Waals surface area contributed by atoms with Gasteiger partial charge in [0.1, 0.15) is 17.8 Å². The zero-order valence-corrected chi connectivity index (χ0v) is 12.1. The average molecular weight is 328 g/mol. The topological polar surface area (TPSA) is 53.7 Å². The van der Waals surface area contributed by atoms with Crippen LogP contribution < -0.4 is 9.47 Å². The molecule has 0 saturated carbocycles. The fourth-order valence-electron chi connectivity index (χ4n) is 1.43. The highest BCUT2D eigenvalue weighted by atomic mass is 79.9. The molecule has 1 heterocycles. The molecular formula is C13H14BrNO4. The number of halogens is 1. The Kier molecular flexibility index (Phi) is 5.23. The van der Waals surface area contributed by atoms with Gasteiger partial charge in [-0.05, 0) is 28.1 Å². The molecule has 102 valence electrons. The van der Waals surface area contributed by atoms with Gasteiger partial charge in [0.15, 0.2) is 17.3 Å². The fraction of sp³-hybridized carbons (Fsp3) is 0.308. The lowest BCUT2D eigenvalue weighted by molar-refractivity contribution is 0.142. The lowest BCUT2D eigenvalue weighted by Crippen LogP contribution is -2.05. The van der Waals surface area contributed by atoms with Gasteiger partial charge in [0.2, 0.25) is 0 Å². The molecule has 19 heavy (non-hydrogen) atoms. The van der Waals surface area contributed by atoms with Crippen LogP contribution in [0.25, 0.3) is 0 Å². The van der Waals surface area contributed by atoms with E-state index in [4.69, 9.17) is 18.7 Å². The maximum absolute atomic E-state index is 5.65. The summed E-state index contributed by atoms with van der Waals surface area (Å²) in [6, 6.07) is 9.22. The second-order valence-corrected chi connectivity index (χ2v) is 4.51. The van der Waals surface area contributed by atoms with Crippen molar-refractivity contribution in [1.82, 2.24) is 5.16 Å². The van der Waals surface area contributed by atoms with Crippen molar-refractivity contribution in [3.05, 3.63) is 40.7 Å². The number of nitrogens with zero attached hydrogens (tertiary/aromatic N) is 1. The third-order valence-corrected chi connectivity index (χ3v) is 2.67. The molecule has 6 heteroatoms. The number of para-hydroxylation sites is 2. The molecule has 2 rings (SSSR count). The molecule has 0 fully saturated rings. The van der Waals surface area contributed by atoms with Crippen LogP contribution in [0.4, 0.5) is 0 Å². The molecule has 0 saturated heterocycles. The Hall–Kier alpha value is -1.53. The van der Waals surface area contributed by atoms with Crippen molar-refractivity contribution < 1.29 is 18.7 Å². The van der Waals surface area contributed by atoms with E-state index in [9.17, 15) is 0 Å². The minimum atomic E-state index is 0.295. The molecule has 0 aliphatic carbocycles. The summed E-state index contributed by atoms with van der Waals surface area (Å²) in [5, 5.41) is 3.73. The Morgan fingerprint density at radius 2 is 1.89 bits per heavy atom. The Balaban J connectivity index is 1.95. The summed E-state index contributed by atoms with van der Waals surface area (Å²) in [7, 11) is 1.63. The Morgan fingerprint density at radius 3 is 2.53 bits per heavy atom. The Bertz CT molecular complexity index is 515. The second kappa shape index (κ2) is 7.16. The summed E-state index contributed by atoms with van der Waals surface area (Å²) in [5.41, 5.74) is 0. The monoisotopic (exact) mass is 327 g/mol. The molecule has 0 spiro atoms. The molecule has 0 atom stereocenters. The minimum absolute atomic E-state index is 0.295. The zero-order chi connectivity index (χ0) is 13.5. The standard InChI is InChI=1S/C13H14BrNO4/c1-16-6-7-17-11-4-2-3-5-12(11)18-9-10-8-13(14)15-19-10/h2-5,8H,6-7,9H2,1H3. The first-order chi connectivity index (χ1) is 9.29. The van der Waals surface area contributed by atoms with Crippen molar-refractivity contribution in [2.45, 2.75) is 6.61 Å². The van der Waals surface area contributed by atoms with E-state index in [2.05, 4.69) is 21.1 Å². The molecule has 0 aliphatic rings. The van der Waals surface area contributed by atoms with Crippen LogP contribution in [-0.2, 0) is 11.3 Å². The van der Waals surface area contributed by atoms with Crippen molar-refractivity contribution in [3.8, 4) is 11.5 Å². The number of hydrogen-bond donors (Lipinski definition) is 0. The highest BCUT2D eigenvalue weighted by Gasteiger charge is 2.07. The molecule has 1 aromatic carbocycles. The Labute approximate surface area is 119 Å². The van der Waals surface area contributed by atoms with Crippen molar-refractivity contribution in [3.63, 3.8) is 0 Å². The van der Waals surface area contributed by atoms with Crippen molar-refractivity contribution in [1.29, 1.82) is 0 Å². The summed E-state index contributed by atoms with van der Waals surface area (Å²) in [6.45, 7) is 1.30. The molecule has 0 amide bonds. The van der Waals surface area contributed by atoms with Gasteiger partial charge in [0.05, 0.1) is 6.61 Å². The number of benzene rings is 1. The zero-order valence-electron chi connectivity index (χ0n) is 10.5. The van der Waals surface area contributed by atoms with Crippen molar-refractivity contribution in [2.75, 3.05) is 20.3 Å². The first-order valence-corrected chi connectivity index (χ1v) is 6.53. The van der Waals surface area contributed by atoms with Crippen LogP contribution in [0.1, 0.15) is 5.76 Å². The van der Waals surface area contributed by atoms with Gasteiger partial charge in [-0.15, -0.1) is 0 Å². The van der Waals surface area contributed by atoms with E-state index < -0.39 is 0 Å². The summed E-state index contributed by atoms with van der Waals surface area (Å²) < 4.78 is 21.8. The van der Waals surface area contributed by atoms with Gasteiger partial charge in [0, 0.05) is 13.2 Å². The van der Waals surface area contributed by atoms with Gasteiger partial charge >= 0.3 is 0 Å². The molecule has 2 aromatic rings. The van der Waals surface area contributed by atoms with Crippen LogP contribution in [-0.4, -0.2) is 25.5 Å². The summed E-state index contributed by atoms with van der Waals surface area (Å²) in [5.74, 6) is 1.97. The van der Waals surface area contributed by atoms with Crippen LogP contribution in [0.2, 0.25) is 0 Å². The maximum atomic E-state index is 5.65. The lowest BCUT2D eigenvalue weighted by Gasteiger charge is -2.11. The molecule has 0 radical (unpaired) electrons. The molecular weight excluding hydrogens is 314 g/mol. The first kappa shape index (κ1) is 13.9. The smallest absolute Gasteiger partial charge is 0.175 e. The highest BCUT2D eigenvalue weighted by Crippen LogP contribution is 2.27. The van der Waals surface area contributed by atoms with Crippen LogP contribution in [0.15, 0.2) is 39.5 Å². The van der Waals surface area contributed by atoms with E-state index in [-0.39, 0.29) is 0 Å². The molecule has 0 N–H and O–H groups in total. The Morgan fingerprint density at radius 1 is 1.16 bits per heavy atom. The average Bonchev–Trinajstić information content (AvgIpc) is 2.84. The number of ether oxygens (including phenoxy) is 3. The lowest BCUT2D eigenvalue weighted by atomic mass is 10.3. The van der Waals surface area contributed by atoms with E-state index in [1.54, 1.807) is 13.2 Å². The normalized spacial score (nSPS) is 10.4. The van der Waals surface area contributed by atoms with Gasteiger partial charge < -0.3 is 18.7 Å². The predicted octanol–water partition coefficient (Wildman–Crippen LogP) is 3.04. The van der Waals surface area contributed by atoms with Crippen molar-refractivity contribution in [2.24, 2.45) is 0 Å². The third kappa shape index (κ3) is 4.25. The summed E-state index contributed by atoms with van der Waals surface area (Å²) in [6.07, 6.45) is 0. The van der Waals surface area contributed by atoms with E-state index in [0.29, 0.717) is 41.7 Å². The van der Waals surface area contributed by atoms with Gasteiger partial charge in [-0.3, -0.25) is 0 Å². The van der Waals surface area contributed by atoms with E-state index in [1.165, 1.54) is 0 Å². The van der Waals surface area contributed by atoms with Gasteiger partial charge in [-0.1, -0.05) is 17.3 Å². The number of aromatic nitrogens is 1. The van der Waals surface area contributed by atoms with Crippen molar-refractivity contribution >= 4 is 15.9 Å². The molecule has 1 aromatic heterocycles. The molecule has 0 unspecified atom stereocenters. The first-order valence-electron chi connectivity index (χ1n) is 5.74. The van der Waals surface area contributed by atoms with Crippen LogP contribution in [0, 0.1) is 0 Å². The second-order valence-electron chi connectivity index (χ2n) is 3.69. The predicted molar refractivity (Wildman–Crippen MR) is 72.3 cm³/mol. The molecule has 0 aliphatic heterocycles. The van der Waals surface area contributed by atoms with Crippen LogP contribution in [0.3, 0.4) is 0 Å². The molecule has 0 bridgehead atoms. The SMILES string of the molecule is COCCOc1ccccc1OCc1cc(Br)no1. The quantitative estimate of drug-likeness (QED) is 0.731. The summed E-state index contributed by atoms with van der Waals surface area (Å²) in [4.78, 5) is 0. The minimum Gasteiger partial charge on any atom is -0.487 e. The van der Waals surface area contributed by atoms with E-state index in [0.717, 1.165) is 0 Å². The number of rotatable bonds is 7.